The molecule has 0 bridgehead atoms. The third kappa shape index (κ3) is 5.23. The predicted octanol–water partition coefficient (Wildman–Crippen LogP) is 2.94. The van der Waals surface area contributed by atoms with E-state index in [-0.39, 0.29) is 17.9 Å². The second kappa shape index (κ2) is 8.87. The van der Waals surface area contributed by atoms with Gasteiger partial charge in [-0.05, 0) is 31.0 Å². The number of benzene rings is 2. The summed E-state index contributed by atoms with van der Waals surface area (Å²) in [6.07, 6.45) is 1.30. The summed E-state index contributed by atoms with van der Waals surface area (Å²) in [5.41, 5.74) is 1.56. The molecule has 0 saturated heterocycles. The van der Waals surface area contributed by atoms with E-state index in [9.17, 15) is 9.59 Å². The molecule has 0 fully saturated rings. The number of amides is 2. The molecule has 0 aliphatic rings. The van der Waals surface area contributed by atoms with Crippen molar-refractivity contribution in [3.05, 3.63) is 71.8 Å². The molecule has 24 heavy (non-hydrogen) atoms. The molecule has 4 heteroatoms. The number of rotatable bonds is 7. The maximum Gasteiger partial charge on any atom is 0.251 e. The highest BCUT2D eigenvalue weighted by Gasteiger charge is 2.22. The Morgan fingerprint density at radius 3 is 2.08 bits per heavy atom. The molecule has 0 aliphatic heterocycles. The lowest BCUT2D eigenvalue weighted by Gasteiger charge is -2.21. The van der Waals surface area contributed by atoms with Crippen LogP contribution in [0.3, 0.4) is 0 Å². The minimum atomic E-state index is -0.603. The molecule has 2 atom stereocenters. The van der Waals surface area contributed by atoms with Gasteiger partial charge in [-0.2, -0.15) is 0 Å². The van der Waals surface area contributed by atoms with Gasteiger partial charge < -0.3 is 10.6 Å². The summed E-state index contributed by atoms with van der Waals surface area (Å²) >= 11 is 0. The van der Waals surface area contributed by atoms with Crippen molar-refractivity contribution in [2.45, 2.75) is 38.8 Å². The van der Waals surface area contributed by atoms with Crippen molar-refractivity contribution in [1.29, 1.82) is 0 Å². The Morgan fingerprint density at radius 2 is 1.50 bits per heavy atom. The number of carbonyl (C=O) groups excluding carboxylic acids is 2. The van der Waals surface area contributed by atoms with Gasteiger partial charge in [-0.1, -0.05) is 55.5 Å². The first-order valence-electron chi connectivity index (χ1n) is 8.30. The molecule has 0 aliphatic carbocycles. The molecule has 0 spiro atoms. The van der Waals surface area contributed by atoms with Gasteiger partial charge in [-0.25, -0.2) is 0 Å². The van der Waals surface area contributed by atoms with Crippen molar-refractivity contribution in [1.82, 2.24) is 10.6 Å². The maximum absolute atomic E-state index is 12.6. The van der Waals surface area contributed by atoms with E-state index in [0.717, 1.165) is 12.0 Å². The first kappa shape index (κ1) is 17.7. The highest BCUT2D eigenvalue weighted by Crippen LogP contribution is 2.06. The summed E-state index contributed by atoms with van der Waals surface area (Å²) in [7, 11) is 0. The quantitative estimate of drug-likeness (QED) is 0.823. The highest BCUT2D eigenvalue weighted by molar-refractivity contribution is 5.97. The smallest absolute Gasteiger partial charge is 0.251 e. The molecule has 2 amide bonds. The third-order valence-electron chi connectivity index (χ3n) is 3.94. The van der Waals surface area contributed by atoms with Crippen LogP contribution >= 0.6 is 0 Å². The second-order valence-electron chi connectivity index (χ2n) is 5.90. The van der Waals surface area contributed by atoms with E-state index in [1.807, 2.05) is 50.2 Å². The fraction of sp³-hybridized carbons (Fsp3) is 0.300. The van der Waals surface area contributed by atoms with Crippen LogP contribution < -0.4 is 10.6 Å². The summed E-state index contributed by atoms with van der Waals surface area (Å²) in [5.74, 6) is -0.395. The zero-order valence-corrected chi connectivity index (χ0v) is 14.2. The van der Waals surface area contributed by atoms with Crippen molar-refractivity contribution in [2.75, 3.05) is 0 Å². The molecule has 0 radical (unpaired) electrons. The molecule has 126 valence electrons. The highest BCUT2D eigenvalue weighted by atomic mass is 16.2. The van der Waals surface area contributed by atoms with E-state index in [0.29, 0.717) is 12.0 Å². The van der Waals surface area contributed by atoms with Crippen LogP contribution in [0.2, 0.25) is 0 Å². The van der Waals surface area contributed by atoms with E-state index in [4.69, 9.17) is 0 Å². The Kier molecular flexibility index (Phi) is 6.55. The van der Waals surface area contributed by atoms with Crippen molar-refractivity contribution < 1.29 is 9.59 Å². The Bertz CT molecular complexity index is 656. The Morgan fingerprint density at radius 1 is 0.917 bits per heavy atom. The van der Waals surface area contributed by atoms with Gasteiger partial charge in [0, 0.05) is 18.0 Å². The first-order chi connectivity index (χ1) is 11.6. The minimum Gasteiger partial charge on any atom is -0.352 e. The average Bonchev–Trinajstić information content (AvgIpc) is 2.62. The summed E-state index contributed by atoms with van der Waals surface area (Å²) in [5, 5.41) is 5.81. The average molecular weight is 324 g/mol. The SMILES string of the molecule is CC[C@H](C)NC(=O)[C@@H](Cc1ccccc1)NC(=O)c1ccccc1. The number of nitrogens with one attached hydrogen (secondary N) is 2. The van der Waals surface area contributed by atoms with Crippen LogP contribution in [0.15, 0.2) is 60.7 Å². The van der Waals surface area contributed by atoms with Gasteiger partial charge in [0.25, 0.3) is 5.91 Å². The van der Waals surface area contributed by atoms with Gasteiger partial charge in [0.2, 0.25) is 5.91 Å². The zero-order valence-electron chi connectivity index (χ0n) is 14.2. The molecule has 0 unspecified atom stereocenters. The number of carbonyl (C=O) groups is 2. The summed E-state index contributed by atoms with van der Waals surface area (Å²) in [6, 6.07) is 18.1. The monoisotopic (exact) mass is 324 g/mol. The van der Waals surface area contributed by atoms with Gasteiger partial charge in [0.15, 0.2) is 0 Å². The largest absolute Gasteiger partial charge is 0.352 e. The van der Waals surface area contributed by atoms with Gasteiger partial charge in [0.05, 0.1) is 0 Å². The van der Waals surface area contributed by atoms with Crippen LogP contribution in [0, 0.1) is 0 Å². The molecule has 4 nitrogen and oxygen atoms in total. The van der Waals surface area contributed by atoms with Gasteiger partial charge in [0.1, 0.15) is 6.04 Å². The van der Waals surface area contributed by atoms with Crippen LogP contribution in [-0.2, 0) is 11.2 Å². The van der Waals surface area contributed by atoms with E-state index in [1.165, 1.54) is 0 Å². The van der Waals surface area contributed by atoms with Crippen molar-refractivity contribution in [3.8, 4) is 0 Å². The molecule has 0 heterocycles. The fourth-order valence-corrected chi connectivity index (χ4v) is 2.34. The molecule has 2 aromatic rings. The normalized spacial score (nSPS) is 12.9. The van der Waals surface area contributed by atoms with Crippen LogP contribution in [0.25, 0.3) is 0 Å². The molecular formula is C20H24N2O2. The van der Waals surface area contributed by atoms with E-state index < -0.39 is 6.04 Å². The number of hydrogen-bond acceptors (Lipinski definition) is 2. The summed E-state index contributed by atoms with van der Waals surface area (Å²) < 4.78 is 0. The third-order valence-corrected chi connectivity index (χ3v) is 3.94. The molecule has 2 aromatic carbocycles. The van der Waals surface area contributed by atoms with Crippen LogP contribution in [0.4, 0.5) is 0 Å². The molecule has 2 rings (SSSR count). The van der Waals surface area contributed by atoms with Crippen molar-refractivity contribution >= 4 is 11.8 Å². The standard InChI is InChI=1S/C20H24N2O2/c1-3-15(2)21-20(24)18(14-16-10-6-4-7-11-16)22-19(23)17-12-8-5-9-13-17/h4-13,15,18H,3,14H2,1-2H3,(H,21,24)(H,22,23)/t15-,18+/m0/s1. The number of hydrogen-bond donors (Lipinski definition) is 2. The van der Waals surface area contributed by atoms with E-state index in [1.54, 1.807) is 24.3 Å². The first-order valence-corrected chi connectivity index (χ1v) is 8.30. The fourth-order valence-electron chi connectivity index (χ4n) is 2.34. The Labute approximate surface area is 143 Å². The van der Waals surface area contributed by atoms with E-state index in [2.05, 4.69) is 10.6 Å². The van der Waals surface area contributed by atoms with Crippen LogP contribution in [0.1, 0.15) is 36.2 Å². The minimum absolute atomic E-state index is 0.0735. The second-order valence-corrected chi connectivity index (χ2v) is 5.90. The Hall–Kier alpha value is -2.62. The van der Waals surface area contributed by atoms with Crippen LogP contribution in [-0.4, -0.2) is 23.9 Å². The lowest BCUT2D eigenvalue weighted by atomic mass is 10.0. The summed E-state index contributed by atoms with van der Waals surface area (Å²) in [4.78, 5) is 25.0. The van der Waals surface area contributed by atoms with E-state index >= 15 is 0 Å². The summed E-state index contributed by atoms with van der Waals surface area (Å²) in [6.45, 7) is 3.97. The lowest BCUT2D eigenvalue weighted by Crippen LogP contribution is -2.50. The van der Waals surface area contributed by atoms with Gasteiger partial charge in [-0.3, -0.25) is 9.59 Å². The van der Waals surface area contributed by atoms with Gasteiger partial charge >= 0.3 is 0 Å². The van der Waals surface area contributed by atoms with Gasteiger partial charge in [-0.15, -0.1) is 0 Å². The topological polar surface area (TPSA) is 58.2 Å². The molecule has 0 aromatic heterocycles. The zero-order chi connectivity index (χ0) is 17.4. The van der Waals surface area contributed by atoms with Crippen LogP contribution in [0.5, 0.6) is 0 Å². The predicted molar refractivity (Wildman–Crippen MR) is 95.7 cm³/mol. The Balaban J connectivity index is 2.12. The maximum atomic E-state index is 12.6. The molecule has 2 N–H and O–H groups in total. The molecular weight excluding hydrogens is 300 g/mol. The van der Waals surface area contributed by atoms with Crippen molar-refractivity contribution in [2.24, 2.45) is 0 Å². The van der Waals surface area contributed by atoms with Crippen molar-refractivity contribution in [3.63, 3.8) is 0 Å². The lowest BCUT2D eigenvalue weighted by molar-refractivity contribution is -0.123. The molecule has 0 saturated carbocycles.